The quantitative estimate of drug-likeness (QED) is 0.368. The maximum atomic E-state index is 13.6. The first-order valence-electron chi connectivity index (χ1n) is 11.3. The van der Waals surface area contributed by atoms with E-state index in [1.165, 1.54) is 12.1 Å². The van der Waals surface area contributed by atoms with Crippen LogP contribution in [0, 0.1) is 0 Å². The molecule has 0 fully saturated rings. The number of nitrogens with zero attached hydrogens (tertiary/aromatic N) is 2. The van der Waals surface area contributed by atoms with Gasteiger partial charge in [-0.2, -0.15) is 13.2 Å². The Hall–Kier alpha value is -2.21. The lowest BCUT2D eigenvalue weighted by molar-refractivity contribution is -0.140. The molecule has 2 aromatic carbocycles. The largest absolute Gasteiger partial charge is 0.417 e. The third-order valence-electron chi connectivity index (χ3n) is 5.40. The van der Waals surface area contributed by atoms with Gasteiger partial charge in [0.2, 0.25) is 21.8 Å². The van der Waals surface area contributed by atoms with Gasteiger partial charge < -0.3 is 10.2 Å². The second-order valence-electron chi connectivity index (χ2n) is 8.78. The van der Waals surface area contributed by atoms with Gasteiger partial charge in [0.05, 0.1) is 22.5 Å². The second kappa shape index (κ2) is 12.8. The SMILES string of the molecule is CC[C@@H](C(=O)NC(C)C)N(Cc1ccc(Cl)cc1Cl)C(=O)CN(c1ccc(Cl)c(C(F)(F)F)c1)S(C)(=O)=O. The number of rotatable bonds is 10. The predicted molar refractivity (Wildman–Crippen MR) is 143 cm³/mol. The highest BCUT2D eigenvalue weighted by atomic mass is 35.5. The van der Waals surface area contributed by atoms with E-state index in [2.05, 4.69) is 5.32 Å². The predicted octanol–water partition coefficient (Wildman–Crippen LogP) is 5.76. The number of amides is 2. The van der Waals surface area contributed by atoms with E-state index in [1.807, 2.05) is 0 Å². The average Bonchev–Trinajstić information content (AvgIpc) is 2.77. The molecule has 0 aliphatic rings. The lowest BCUT2D eigenvalue weighted by Gasteiger charge is -2.33. The summed E-state index contributed by atoms with van der Waals surface area (Å²) in [7, 11) is -4.25. The van der Waals surface area contributed by atoms with Gasteiger partial charge in [0.25, 0.3) is 0 Å². The minimum atomic E-state index is -4.86. The maximum Gasteiger partial charge on any atom is 0.417 e. The van der Waals surface area contributed by atoms with E-state index in [-0.39, 0.29) is 24.0 Å². The van der Waals surface area contributed by atoms with Crippen LogP contribution in [0.4, 0.5) is 18.9 Å². The highest BCUT2D eigenvalue weighted by molar-refractivity contribution is 7.92. The lowest BCUT2D eigenvalue weighted by Crippen LogP contribution is -2.53. The molecule has 0 radical (unpaired) electrons. The van der Waals surface area contributed by atoms with E-state index in [4.69, 9.17) is 34.8 Å². The van der Waals surface area contributed by atoms with Gasteiger partial charge in [0, 0.05) is 22.6 Å². The normalized spacial score (nSPS) is 12.8. The molecule has 0 saturated heterocycles. The number of halogens is 6. The van der Waals surface area contributed by atoms with Gasteiger partial charge in [0.15, 0.2) is 0 Å². The molecule has 0 saturated carbocycles. The Morgan fingerprint density at radius 2 is 1.66 bits per heavy atom. The van der Waals surface area contributed by atoms with E-state index in [1.54, 1.807) is 26.8 Å². The Labute approximate surface area is 234 Å². The molecule has 0 unspecified atom stereocenters. The summed E-state index contributed by atoms with van der Waals surface area (Å²) < 4.78 is 66.1. The van der Waals surface area contributed by atoms with Crippen molar-refractivity contribution < 1.29 is 31.2 Å². The Balaban J connectivity index is 2.56. The van der Waals surface area contributed by atoms with Crippen LogP contribution in [0.25, 0.3) is 0 Å². The summed E-state index contributed by atoms with van der Waals surface area (Å²) in [5.74, 6) is -1.33. The molecule has 1 N–H and O–H groups in total. The van der Waals surface area contributed by atoms with Crippen molar-refractivity contribution in [3.8, 4) is 0 Å². The van der Waals surface area contributed by atoms with Crippen molar-refractivity contribution in [2.24, 2.45) is 0 Å². The number of hydrogen-bond donors (Lipinski definition) is 1. The second-order valence-corrected chi connectivity index (χ2v) is 11.9. The molecule has 2 aromatic rings. The van der Waals surface area contributed by atoms with Crippen LogP contribution in [0.3, 0.4) is 0 Å². The van der Waals surface area contributed by atoms with Crippen LogP contribution in [0.5, 0.6) is 0 Å². The Bertz CT molecular complexity index is 1290. The topological polar surface area (TPSA) is 86.8 Å². The van der Waals surface area contributed by atoms with Gasteiger partial charge in [0.1, 0.15) is 12.6 Å². The summed E-state index contributed by atoms with van der Waals surface area (Å²) in [6.45, 7) is 4.06. The van der Waals surface area contributed by atoms with Gasteiger partial charge in [-0.1, -0.05) is 47.8 Å². The zero-order valence-corrected chi connectivity index (χ0v) is 24.0. The zero-order chi connectivity index (χ0) is 29.0. The molecule has 0 aromatic heterocycles. The molecular weight excluding hydrogens is 590 g/mol. The molecule has 0 bridgehead atoms. The van der Waals surface area contributed by atoms with Gasteiger partial charge >= 0.3 is 6.18 Å². The summed E-state index contributed by atoms with van der Waals surface area (Å²) in [6, 6.07) is 5.78. The van der Waals surface area contributed by atoms with Crippen LogP contribution in [0.15, 0.2) is 36.4 Å². The van der Waals surface area contributed by atoms with Crippen molar-refractivity contribution >= 4 is 62.3 Å². The van der Waals surface area contributed by atoms with Crippen molar-refractivity contribution in [2.75, 3.05) is 17.1 Å². The fourth-order valence-electron chi connectivity index (χ4n) is 3.63. The summed E-state index contributed by atoms with van der Waals surface area (Å²) in [5.41, 5.74) is -1.25. The number of carbonyl (C=O) groups excluding carboxylic acids is 2. The highest BCUT2D eigenvalue weighted by Gasteiger charge is 2.36. The molecule has 2 rings (SSSR count). The molecule has 7 nitrogen and oxygen atoms in total. The highest BCUT2D eigenvalue weighted by Crippen LogP contribution is 2.37. The third kappa shape index (κ3) is 8.39. The van der Waals surface area contributed by atoms with Crippen LogP contribution in [-0.2, 0) is 32.3 Å². The Morgan fingerprint density at radius 1 is 1.03 bits per heavy atom. The summed E-state index contributed by atoms with van der Waals surface area (Å²) >= 11 is 17.9. The van der Waals surface area contributed by atoms with E-state index >= 15 is 0 Å². The molecule has 210 valence electrons. The monoisotopic (exact) mass is 615 g/mol. The summed E-state index contributed by atoms with van der Waals surface area (Å²) in [5, 5.41) is 2.65. The molecule has 1 atom stereocenters. The van der Waals surface area contributed by atoms with Crippen LogP contribution in [-0.4, -0.2) is 50.0 Å². The average molecular weight is 617 g/mol. The number of anilines is 1. The standard InChI is InChI=1S/C24H27Cl3F3N3O4S/c1-5-21(23(35)31-14(2)3)32(12-15-6-7-16(25)10-20(15)27)22(34)13-33(38(4,36)37)17-8-9-19(26)18(11-17)24(28,29)30/h6-11,14,21H,5,12-13H2,1-4H3,(H,31,35)/t21-/m0/s1. The maximum absolute atomic E-state index is 13.6. The summed E-state index contributed by atoms with van der Waals surface area (Å²) in [4.78, 5) is 27.7. The zero-order valence-electron chi connectivity index (χ0n) is 20.9. The molecule has 2 amide bonds. The minimum Gasteiger partial charge on any atom is -0.352 e. The number of carbonyl (C=O) groups is 2. The smallest absolute Gasteiger partial charge is 0.352 e. The lowest BCUT2D eigenvalue weighted by atomic mass is 10.1. The van der Waals surface area contributed by atoms with E-state index in [0.717, 1.165) is 23.3 Å². The summed E-state index contributed by atoms with van der Waals surface area (Å²) in [6.07, 6.45) is -3.95. The van der Waals surface area contributed by atoms with Crippen LogP contribution in [0.2, 0.25) is 15.1 Å². The van der Waals surface area contributed by atoms with Crippen molar-refractivity contribution in [3.05, 3.63) is 62.6 Å². The molecule has 0 spiro atoms. The van der Waals surface area contributed by atoms with Gasteiger partial charge in [-0.05, 0) is 56.2 Å². The van der Waals surface area contributed by atoms with E-state index in [0.29, 0.717) is 21.0 Å². The van der Waals surface area contributed by atoms with E-state index < -0.39 is 56.9 Å². The molecular formula is C24H27Cl3F3N3O4S. The van der Waals surface area contributed by atoms with Crippen LogP contribution in [0.1, 0.15) is 38.3 Å². The number of benzene rings is 2. The van der Waals surface area contributed by atoms with Crippen molar-refractivity contribution in [1.82, 2.24) is 10.2 Å². The number of alkyl halides is 3. The van der Waals surface area contributed by atoms with Crippen LogP contribution >= 0.6 is 34.8 Å². The van der Waals surface area contributed by atoms with Crippen LogP contribution < -0.4 is 9.62 Å². The van der Waals surface area contributed by atoms with Crippen molar-refractivity contribution in [2.45, 2.75) is 52.0 Å². The van der Waals surface area contributed by atoms with Crippen molar-refractivity contribution in [3.63, 3.8) is 0 Å². The first-order chi connectivity index (χ1) is 17.4. The molecule has 0 heterocycles. The fraction of sp³-hybridized carbons (Fsp3) is 0.417. The van der Waals surface area contributed by atoms with Gasteiger partial charge in [-0.3, -0.25) is 13.9 Å². The minimum absolute atomic E-state index is 0.160. The third-order valence-corrected chi connectivity index (χ3v) is 7.45. The molecule has 0 aliphatic heterocycles. The first kappa shape index (κ1) is 32.0. The van der Waals surface area contributed by atoms with Crippen molar-refractivity contribution in [1.29, 1.82) is 0 Å². The molecule has 14 heteroatoms. The first-order valence-corrected chi connectivity index (χ1v) is 14.3. The Morgan fingerprint density at radius 3 is 2.16 bits per heavy atom. The number of nitrogens with one attached hydrogen (secondary N) is 1. The van der Waals surface area contributed by atoms with Gasteiger partial charge in [-0.15, -0.1) is 0 Å². The Kier molecular flexibility index (Phi) is 10.7. The molecule has 0 aliphatic carbocycles. The number of sulfonamides is 1. The van der Waals surface area contributed by atoms with E-state index in [9.17, 15) is 31.2 Å². The van der Waals surface area contributed by atoms with Gasteiger partial charge in [-0.25, -0.2) is 8.42 Å². The molecule has 38 heavy (non-hydrogen) atoms. The number of hydrogen-bond acceptors (Lipinski definition) is 4. The fourth-order valence-corrected chi connectivity index (χ4v) is 5.17.